The molecule has 1 heterocycles. The summed E-state index contributed by atoms with van der Waals surface area (Å²) in [7, 11) is 2.77. The Kier molecular flexibility index (Phi) is 3.04. The second-order valence-electron chi connectivity index (χ2n) is 2.65. The van der Waals surface area contributed by atoms with Crippen molar-refractivity contribution in [1.82, 2.24) is 5.32 Å². The Hall–Kier alpha value is -0.390. The molecular formula is C9H14NP. The van der Waals surface area contributed by atoms with Crippen LogP contribution in [0.1, 0.15) is 6.42 Å². The van der Waals surface area contributed by atoms with Gasteiger partial charge >= 0.3 is 0 Å². The molecule has 0 saturated heterocycles. The lowest BCUT2D eigenvalue weighted by Gasteiger charge is -2.22. The van der Waals surface area contributed by atoms with Crippen LogP contribution in [0.3, 0.4) is 0 Å². The molecule has 0 saturated carbocycles. The number of nitrogens with one attached hydrogen (secondary N) is 1. The van der Waals surface area contributed by atoms with E-state index < -0.39 is 0 Å². The van der Waals surface area contributed by atoms with Crippen LogP contribution in [0, 0.1) is 0 Å². The quantitative estimate of drug-likeness (QED) is 0.619. The Morgan fingerprint density at radius 2 is 2.00 bits per heavy atom. The lowest BCUT2D eigenvalue weighted by Crippen LogP contribution is -2.30. The highest BCUT2D eigenvalue weighted by Gasteiger charge is 2.12. The Balaban J connectivity index is 2.82. The van der Waals surface area contributed by atoms with Crippen LogP contribution in [-0.2, 0) is 0 Å². The monoisotopic (exact) mass is 167 g/mol. The summed E-state index contributed by atoms with van der Waals surface area (Å²) in [5.74, 6) is 0.492. The molecule has 0 aromatic carbocycles. The van der Waals surface area contributed by atoms with Crippen molar-refractivity contribution in [2.24, 2.45) is 0 Å². The molecule has 0 bridgehead atoms. The van der Waals surface area contributed by atoms with Gasteiger partial charge in [0.05, 0.1) is 0 Å². The summed E-state index contributed by atoms with van der Waals surface area (Å²) in [6, 6.07) is 0. The van der Waals surface area contributed by atoms with E-state index in [4.69, 9.17) is 0 Å². The third-order valence-electron chi connectivity index (χ3n) is 1.90. The van der Waals surface area contributed by atoms with E-state index >= 15 is 0 Å². The summed E-state index contributed by atoms with van der Waals surface area (Å²) in [6.07, 6.45) is 4.87. The van der Waals surface area contributed by atoms with Crippen molar-refractivity contribution in [2.45, 2.75) is 12.2 Å². The van der Waals surface area contributed by atoms with Gasteiger partial charge < -0.3 is 5.32 Å². The molecule has 0 spiro atoms. The third kappa shape index (κ3) is 2.02. The topological polar surface area (TPSA) is 12.0 Å². The van der Waals surface area contributed by atoms with Crippen molar-refractivity contribution in [2.75, 3.05) is 6.54 Å². The maximum absolute atomic E-state index is 3.77. The summed E-state index contributed by atoms with van der Waals surface area (Å²) < 4.78 is 0. The Bertz CT molecular complexity index is 206. The number of allylic oxidation sites excluding steroid dienone is 1. The van der Waals surface area contributed by atoms with Gasteiger partial charge in [0.15, 0.2) is 0 Å². The summed E-state index contributed by atoms with van der Waals surface area (Å²) >= 11 is 0. The van der Waals surface area contributed by atoms with Gasteiger partial charge in [0.1, 0.15) is 0 Å². The summed E-state index contributed by atoms with van der Waals surface area (Å²) in [5.41, 5.74) is 2.59. The maximum atomic E-state index is 3.77. The first kappa shape index (κ1) is 8.70. The van der Waals surface area contributed by atoms with Crippen LogP contribution in [0.15, 0.2) is 36.5 Å². The van der Waals surface area contributed by atoms with E-state index in [2.05, 4.69) is 27.7 Å². The minimum absolute atomic E-state index is 0.492. The molecule has 0 amide bonds. The zero-order chi connectivity index (χ0) is 8.27. The van der Waals surface area contributed by atoms with Crippen LogP contribution in [0.25, 0.3) is 0 Å². The molecule has 2 unspecified atom stereocenters. The second kappa shape index (κ2) is 3.85. The van der Waals surface area contributed by atoms with Crippen LogP contribution in [0.2, 0.25) is 0 Å². The molecule has 0 radical (unpaired) electrons. The average molecular weight is 167 g/mol. The SMILES string of the molecule is C=CC1=C(C=C)CC(P)NC1. The first-order valence-corrected chi connectivity index (χ1v) is 4.40. The van der Waals surface area contributed by atoms with E-state index in [1.165, 1.54) is 11.1 Å². The molecule has 1 aliphatic rings. The van der Waals surface area contributed by atoms with Gasteiger partial charge in [0.25, 0.3) is 0 Å². The molecule has 0 aliphatic carbocycles. The first-order valence-electron chi connectivity index (χ1n) is 3.73. The van der Waals surface area contributed by atoms with Crippen molar-refractivity contribution >= 4 is 9.24 Å². The molecule has 1 rings (SSSR count). The standard InChI is InChI=1S/C9H14NP/c1-3-7-5-9(11)10-6-8(7)4-2/h3-4,9-10H,1-2,5-6,11H2. The molecule has 0 fully saturated rings. The van der Waals surface area contributed by atoms with Gasteiger partial charge in [-0.05, 0) is 17.6 Å². The molecule has 0 aromatic rings. The Labute approximate surface area is 70.5 Å². The average Bonchev–Trinajstić information content (AvgIpc) is 2.04. The summed E-state index contributed by atoms with van der Waals surface area (Å²) in [5, 5.41) is 3.33. The molecule has 2 atom stereocenters. The smallest absolute Gasteiger partial charge is 0.0254 e. The summed E-state index contributed by atoms with van der Waals surface area (Å²) in [4.78, 5) is 0. The largest absolute Gasteiger partial charge is 0.306 e. The predicted molar refractivity (Wildman–Crippen MR) is 53.5 cm³/mol. The zero-order valence-electron chi connectivity index (χ0n) is 6.64. The normalized spacial score (nSPS) is 25.0. The van der Waals surface area contributed by atoms with Crippen molar-refractivity contribution in [1.29, 1.82) is 0 Å². The molecule has 1 N–H and O–H groups in total. The highest BCUT2D eigenvalue weighted by molar-refractivity contribution is 7.17. The van der Waals surface area contributed by atoms with Gasteiger partial charge in [-0.15, -0.1) is 9.24 Å². The van der Waals surface area contributed by atoms with Gasteiger partial charge in [0, 0.05) is 12.3 Å². The fraction of sp³-hybridized carbons (Fsp3) is 0.333. The van der Waals surface area contributed by atoms with Crippen LogP contribution >= 0.6 is 9.24 Å². The minimum atomic E-state index is 0.492. The number of rotatable bonds is 2. The van der Waals surface area contributed by atoms with E-state index in [1.54, 1.807) is 0 Å². The van der Waals surface area contributed by atoms with Gasteiger partial charge in [-0.25, -0.2) is 0 Å². The fourth-order valence-electron chi connectivity index (χ4n) is 1.21. The molecule has 1 aliphatic heterocycles. The minimum Gasteiger partial charge on any atom is -0.306 e. The van der Waals surface area contributed by atoms with E-state index in [-0.39, 0.29) is 0 Å². The highest BCUT2D eigenvalue weighted by Crippen LogP contribution is 2.20. The summed E-state index contributed by atoms with van der Waals surface area (Å²) in [6.45, 7) is 8.45. The van der Waals surface area contributed by atoms with Crippen LogP contribution < -0.4 is 5.32 Å². The molecule has 0 aromatic heterocycles. The lowest BCUT2D eigenvalue weighted by molar-refractivity contribution is 0.652. The molecule has 2 heteroatoms. The first-order chi connectivity index (χ1) is 5.27. The zero-order valence-corrected chi connectivity index (χ0v) is 7.79. The highest BCUT2D eigenvalue weighted by atomic mass is 31.0. The number of hydrogen-bond acceptors (Lipinski definition) is 1. The second-order valence-corrected chi connectivity index (χ2v) is 3.45. The molecule has 1 nitrogen and oxygen atoms in total. The van der Waals surface area contributed by atoms with Gasteiger partial charge in [-0.3, -0.25) is 0 Å². The van der Waals surface area contributed by atoms with Crippen molar-refractivity contribution < 1.29 is 0 Å². The lowest BCUT2D eigenvalue weighted by atomic mass is 10.0. The molecular weight excluding hydrogens is 153 g/mol. The fourth-order valence-corrected chi connectivity index (χ4v) is 1.58. The Morgan fingerprint density at radius 1 is 1.36 bits per heavy atom. The van der Waals surface area contributed by atoms with Crippen LogP contribution in [0.4, 0.5) is 0 Å². The molecule has 11 heavy (non-hydrogen) atoms. The number of hydrogen-bond donors (Lipinski definition) is 1. The molecule has 60 valence electrons. The maximum Gasteiger partial charge on any atom is 0.0254 e. The van der Waals surface area contributed by atoms with Gasteiger partial charge in [0.2, 0.25) is 0 Å². The third-order valence-corrected chi connectivity index (χ3v) is 2.37. The van der Waals surface area contributed by atoms with Crippen molar-refractivity contribution in [3.05, 3.63) is 36.5 Å². The van der Waals surface area contributed by atoms with Crippen molar-refractivity contribution in [3.8, 4) is 0 Å². The Morgan fingerprint density at radius 3 is 2.55 bits per heavy atom. The van der Waals surface area contributed by atoms with Crippen LogP contribution in [-0.4, -0.2) is 12.3 Å². The van der Waals surface area contributed by atoms with Crippen LogP contribution in [0.5, 0.6) is 0 Å². The van der Waals surface area contributed by atoms with E-state index in [9.17, 15) is 0 Å². The van der Waals surface area contributed by atoms with E-state index in [0.29, 0.717) is 5.78 Å². The van der Waals surface area contributed by atoms with Gasteiger partial charge in [-0.2, -0.15) is 0 Å². The van der Waals surface area contributed by atoms with Crippen molar-refractivity contribution in [3.63, 3.8) is 0 Å². The predicted octanol–water partition coefficient (Wildman–Crippen LogP) is 1.85. The van der Waals surface area contributed by atoms with E-state index in [1.807, 2.05) is 12.2 Å². The van der Waals surface area contributed by atoms with Gasteiger partial charge in [-0.1, -0.05) is 25.3 Å². The van der Waals surface area contributed by atoms with E-state index in [0.717, 1.165) is 13.0 Å².